The minimum Gasteiger partial charge on any atom is -0.458 e. The quantitative estimate of drug-likeness (QED) is 0.165. The Hall–Kier alpha value is -6.36. The summed E-state index contributed by atoms with van der Waals surface area (Å²) in [6.07, 6.45) is 0. The lowest BCUT2D eigenvalue weighted by Crippen LogP contribution is -2.73. The number of ether oxygens (including phenoxy) is 1. The number of aryl methyl sites for hydroxylation is 3. The summed E-state index contributed by atoms with van der Waals surface area (Å²) in [6, 6.07) is 64.6. The standard InChI is InChI=1S/C55H46BNOSi/c1-35-30-48-54-50(31-35)58-49-29-24-38(53-36(2)16-15-17-37(53)3)32-46(49)56(54)45-33-44-43-22-13-14-23-51(43)59(41-18-9-7-10-19-41,42-20-11-8-12-21-42)52(44)34-47(45)57(48)40-27-25-39(26-28-40)55(4,5)6/h7-34H,1-6H3. The third kappa shape index (κ3) is 5.25. The molecule has 0 amide bonds. The summed E-state index contributed by atoms with van der Waals surface area (Å²) in [5.74, 6) is 1.87. The lowest BCUT2D eigenvalue weighted by Gasteiger charge is -2.41. The monoisotopic (exact) mass is 775 g/mol. The summed E-state index contributed by atoms with van der Waals surface area (Å²) in [7, 11) is -2.77. The summed E-state index contributed by atoms with van der Waals surface area (Å²) in [5, 5.41) is 5.71. The number of fused-ring (bicyclic) bond motifs is 7. The summed E-state index contributed by atoms with van der Waals surface area (Å²) in [5.41, 5.74) is 17.7. The Morgan fingerprint density at radius 2 is 1.19 bits per heavy atom. The molecule has 0 bridgehead atoms. The van der Waals surface area contributed by atoms with Crippen LogP contribution in [0.2, 0.25) is 0 Å². The minimum atomic E-state index is -2.77. The Bertz CT molecular complexity index is 2920. The number of rotatable bonds is 4. The van der Waals surface area contributed by atoms with Gasteiger partial charge in [0.15, 0.2) is 8.07 Å². The molecule has 0 aliphatic carbocycles. The van der Waals surface area contributed by atoms with E-state index in [0.29, 0.717) is 0 Å². The Labute approximate surface area is 349 Å². The van der Waals surface area contributed by atoms with Crippen LogP contribution < -0.4 is 46.8 Å². The molecule has 3 aliphatic heterocycles. The van der Waals surface area contributed by atoms with E-state index in [0.717, 1.165) is 17.2 Å². The second-order valence-electron chi connectivity index (χ2n) is 17.9. The molecule has 8 aromatic carbocycles. The van der Waals surface area contributed by atoms with E-state index in [1.54, 1.807) is 0 Å². The van der Waals surface area contributed by atoms with Crippen molar-refractivity contribution in [2.75, 3.05) is 4.90 Å². The van der Waals surface area contributed by atoms with Gasteiger partial charge in [0.25, 0.3) is 6.71 Å². The van der Waals surface area contributed by atoms with Crippen LogP contribution in [0.15, 0.2) is 170 Å². The maximum atomic E-state index is 7.00. The molecule has 0 fully saturated rings. The number of benzene rings is 8. The van der Waals surface area contributed by atoms with Gasteiger partial charge in [0.2, 0.25) is 0 Å². The maximum Gasteiger partial charge on any atom is 0.256 e. The predicted octanol–water partition coefficient (Wildman–Crippen LogP) is 9.34. The van der Waals surface area contributed by atoms with Crippen molar-refractivity contribution >= 4 is 69.0 Å². The van der Waals surface area contributed by atoms with Crippen molar-refractivity contribution in [2.24, 2.45) is 0 Å². The molecule has 0 saturated heterocycles. The van der Waals surface area contributed by atoms with Crippen molar-refractivity contribution in [3.05, 3.63) is 192 Å². The van der Waals surface area contributed by atoms with Gasteiger partial charge in [-0.15, -0.1) is 0 Å². The lowest BCUT2D eigenvalue weighted by atomic mass is 9.34. The van der Waals surface area contributed by atoms with Gasteiger partial charge in [-0.3, -0.25) is 0 Å². The Kier molecular flexibility index (Phi) is 7.93. The smallest absolute Gasteiger partial charge is 0.256 e. The molecule has 8 aromatic rings. The summed E-state index contributed by atoms with van der Waals surface area (Å²) >= 11 is 0. The topological polar surface area (TPSA) is 12.5 Å². The van der Waals surface area contributed by atoms with E-state index >= 15 is 0 Å². The van der Waals surface area contributed by atoms with Crippen LogP contribution in [0.3, 0.4) is 0 Å². The molecular formula is C55H46BNOSi. The van der Waals surface area contributed by atoms with Crippen LogP contribution >= 0.6 is 0 Å². The van der Waals surface area contributed by atoms with E-state index < -0.39 is 8.07 Å². The van der Waals surface area contributed by atoms with Crippen molar-refractivity contribution in [2.45, 2.75) is 47.0 Å². The molecule has 11 rings (SSSR count). The highest BCUT2D eigenvalue weighted by molar-refractivity contribution is 7.22. The molecule has 284 valence electrons. The zero-order valence-corrected chi connectivity index (χ0v) is 35.6. The number of anilines is 3. The van der Waals surface area contributed by atoms with Crippen LogP contribution in [0, 0.1) is 20.8 Å². The van der Waals surface area contributed by atoms with Gasteiger partial charge in [0.05, 0.1) is 0 Å². The van der Waals surface area contributed by atoms with E-state index in [-0.39, 0.29) is 12.1 Å². The molecule has 0 saturated carbocycles. The predicted molar refractivity (Wildman–Crippen MR) is 253 cm³/mol. The Morgan fingerprint density at radius 1 is 0.525 bits per heavy atom. The van der Waals surface area contributed by atoms with Gasteiger partial charge < -0.3 is 9.64 Å². The third-order valence-electron chi connectivity index (χ3n) is 13.3. The second-order valence-corrected chi connectivity index (χ2v) is 21.6. The van der Waals surface area contributed by atoms with Crippen LogP contribution in [-0.4, -0.2) is 14.8 Å². The average Bonchev–Trinajstić information content (AvgIpc) is 3.53. The summed E-state index contributed by atoms with van der Waals surface area (Å²) in [4.78, 5) is 2.55. The van der Waals surface area contributed by atoms with E-state index in [4.69, 9.17) is 4.74 Å². The zero-order valence-electron chi connectivity index (χ0n) is 34.6. The number of hydrogen-bond donors (Lipinski definition) is 0. The molecule has 0 spiro atoms. The van der Waals surface area contributed by atoms with E-state index in [2.05, 4.69) is 216 Å². The van der Waals surface area contributed by atoms with Gasteiger partial charge in [-0.1, -0.05) is 154 Å². The van der Waals surface area contributed by atoms with E-state index in [9.17, 15) is 0 Å². The van der Waals surface area contributed by atoms with Crippen molar-refractivity contribution in [3.63, 3.8) is 0 Å². The van der Waals surface area contributed by atoms with Crippen LogP contribution in [0.5, 0.6) is 11.5 Å². The molecule has 0 atom stereocenters. The fourth-order valence-corrected chi connectivity index (χ4v) is 15.8. The highest BCUT2D eigenvalue weighted by Gasteiger charge is 2.51. The molecular weight excluding hydrogens is 730 g/mol. The van der Waals surface area contributed by atoms with E-state index in [1.165, 1.54) is 93.0 Å². The average molecular weight is 776 g/mol. The molecule has 59 heavy (non-hydrogen) atoms. The van der Waals surface area contributed by atoms with Gasteiger partial charge in [-0.05, 0) is 144 Å². The molecule has 0 radical (unpaired) electrons. The molecule has 3 aliphatic rings. The van der Waals surface area contributed by atoms with Crippen molar-refractivity contribution in [3.8, 4) is 33.8 Å². The first-order valence-electron chi connectivity index (χ1n) is 21.0. The van der Waals surface area contributed by atoms with Crippen LogP contribution in [0.4, 0.5) is 17.1 Å². The van der Waals surface area contributed by atoms with Gasteiger partial charge >= 0.3 is 0 Å². The molecule has 0 unspecified atom stereocenters. The minimum absolute atomic E-state index is 0.0312. The fraction of sp³-hybridized carbons (Fsp3) is 0.127. The largest absolute Gasteiger partial charge is 0.458 e. The zero-order chi connectivity index (χ0) is 40.2. The van der Waals surface area contributed by atoms with Crippen LogP contribution in [0.25, 0.3) is 22.3 Å². The van der Waals surface area contributed by atoms with Gasteiger partial charge in [0.1, 0.15) is 11.5 Å². The molecule has 3 heterocycles. The lowest BCUT2D eigenvalue weighted by molar-refractivity contribution is 0.487. The SMILES string of the molecule is Cc1cc2c3c(c1)N(c1ccc(C(C)(C)C)cc1)c1cc4c(cc1B3c1cc(-c3c(C)cccc3C)ccc1O2)-c1ccccc1[Si]4(c1ccccc1)c1ccccc1. The summed E-state index contributed by atoms with van der Waals surface area (Å²) in [6.45, 7) is 13.5. The first-order valence-corrected chi connectivity index (χ1v) is 23.0. The van der Waals surface area contributed by atoms with Crippen LogP contribution in [0.1, 0.15) is 43.0 Å². The van der Waals surface area contributed by atoms with Crippen molar-refractivity contribution in [1.82, 2.24) is 0 Å². The molecule has 0 aromatic heterocycles. The first-order chi connectivity index (χ1) is 28.6. The van der Waals surface area contributed by atoms with Crippen LogP contribution in [-0.2, 0) is 5.41 Å². The third-order valence-corrected chi connectivity index (χ3v) is 18.1. The van der Waals surface area contributed by atoms with Crippen molar-refractivity contribution < 1.29 is 4.74 Å². The number of hydrogen-bond acceptors (Lipinski definition) is 2. The maximum absolute atomic E-state index is 7.00. The fourth-order valence-electron chi connectivity index (χ4n) is 10.6. The highest BCUT2D eigenvalue weighted by atomic mass is 28.3. The normalized spacial score (nSPS) is 14.1. The Balaban J connectivity index is 1.26. The van der Waals surface area contributed by atoms with Crippen molar-refractivity contribution in [1.29, 1.82) is 0 Å². The summed E-state index contributed by atoms with van der Waals surface area (Å²) < 4.78 is 7.00. The highest BCUT2D eigenvalue weighted by Crippen LogP contribution is 2.44. The molecule has 0 N–H and O–H groups in total. The molecule has 4 heteroatoms. The van der Waals surface area contributed by atoms with Gasteiger partial charge in [0, 0.05) is 17.1 Å². The van der Waals surface area contributed by atoms with Gasteiger partial charge in [-0.25, -0.2) is 0 Å². The Morgan fingerprint density at radius 3 is 1.86 bits per heavy atom. The van der Waals surface area contributed by atoms with Gasteiger partial charge in [-0.2, -0.15) is 0 Å². The first kappa shape index (κ1) is 35.8. The van der Waals surface area contributed by atoms with E-state index in [1.807, 2.05) is 0 Å². The number of nitrogens with zero attached hydrogens (tertiary/aromatic N) is 1. The second kappa shape index (κ2) is 13.1. The molecule has 2 nitrogen and oxygen atoms in total.